The zero-order valence-corrected chi connectivity index (χ0v) is 11.7. The molecule has 0 saturated carbocycles. The molecule has 1 rings (SSSR count). The normalized spacial score (nSPS) is 10.4. The quantitative estimate of drug-likeness (QED) is 0.255. The van der Waals surface area contributed by atoms with Gasteiger partial charge in [-0.2, -0.15) is 5.10 Å². The van der Waals surface area contributed by atoms with Crippen LogP contribution in [0.2, 0.25) is 0 Å². The number of hydrazone groups is 1. The Bertz CT molecular complexity index is 601. The predicted molar refractivity (Wildman–Crippen MR) is 77.7 cm³/mol. The molecule has 0 atom stereocenters. The minimum atomic E-state index is -0.734. The second kappa shape index (κ2) is 8.29. The molecule has 10 heteroatoms. The molecule has 1 N–H and O–H groups in total. The second-order valence-corrected chi connectivity index (χ2v) is 4.11. The highest BCUT2D eigenvalue weighted by molar-refractivity contribution is 5.70. The molecule has 118 valence electrons. The molecule has 0 spiro atoms. The van der Waals surface area contributed by atoms with Crippen molar-refractivity contribution >= 4 is 29.2 Å². The molecular formula is C12H14N4O6. The first kappa shape index (κ1) is 17.0. The predicted octanol–water partition coefficient (Wildman–Crippen LogP) is 2.24. The molecule has 0 radical (unpaired) electrons. The maximum Gasteiger partial charge on any atom is 0.305 e. The number of anilines is 1. The van der Waals surface area contributed by atoms with Crippen molar-refractivity contribution in [2.45, 2.75) is 19.3 Å². The Labute approximate surface area is 125 Å². The van der Waals surface area contributed by atoms with Crippen molar-refractivity contribution in [1.82, 2.24) is 0 Å². The Morgan fingerprint density at radius 3 is 2.68 bits per heavy atom. The molecule has 1 aromatic rings. The number of methoxy groups -OCH3 is 1. The first-order chi connectivity index (χ1) is 10.5. The summed E-state index contributed by atoms with van der Waals surface area (Å²) in [7, 11) is 1.30. The highest BCUT2D eigenvalue weighted by Gasteiger charge is 2.18. The Balaban J connectivity index is 2.63. The van der Waals surface area contributed by atoms with Crippen molar-refractivity contribution in [2.75, 3.05) is 12.5 Å². The molecule has 0 heterocycles. The van der Waals surface area contributed by atoms with Gasteiger partial charge >= 0.3 is 11.7 Å². The molecule has 10 nitrogen and oxygen atoms in total. The first-order valence-electron chi connectivity index (χ1n) is 6.23. The summed E-state index contributed by atoms with van der Waals surface area (Å²) < 4.78 is 4.47. The lowest BCUT2D eigenvalue weighted by Crippen LogP contribution is -2.00. The van der Waals surface area contributed by atoms with Crippen LogP contribution in [0.4, 0.5) is 17.1 Å². The maximum absolute atomic E-state index is 10.9. The molecule has 0 amide bonds. The highest BCUT2D eigenvalue weighted by atomic mass is 16.6. The van der Waals surface area contributed by atoms with Crippen LogP contribution in [0.15, 0.2) is 23.3 Å². The van der Waals surface area contributed by atoms with Crippen LogP contribution >= 0.6 is 0 Å². The van der Waals surface area contributed by atoms with Gasteiger partial charge in [0, 0.05) is 18.7 Å². The number of non-ortho nitro benzene ring substituents is 1. The molecule has 0 bridgehead atoms. The molecule has 0 unspecified atom stereocenters. The smallest absolute Gasteiger partial charge is 0.305 e. The molecule has 0 saturated heterocycles. The van der Waals surface area contributed by atoms with Crippen molar-refractivity contribution in [3.63, 3.8) is 0 Å². The zero-order chi connectivity index (χ0) is 16.5. The Kier molecular flexibility index (Phi) is 6.41. The lowest BCUT2D eigenvalue weighted by molar-refractivity contribution is -0.393. The molecule has 22 heavy (non-hydrogen) atoms. The van der Waals surface area contributed by atoms with Crippen molar-refractivity contribution < 1.29 is 19.4 Å². The van der Waals surface area contributed by atoms with E-state index in [1.165, 1.54) is 19.4 Å². The number of nitrogens with one attached hydrogen (secondary N) is 1. The number of hydrogen-bond donors (Lipinski definition) is 1. The third kappa shape index (κ3) is 5.15. The van der Waals surface area contributed by atoms with Gasteiger partial charge in [0.15, 0.2) is 0 Å². The number of nitrogens with zero attached hydrogens (tertiary/aromatic N) is 3. The minimum Gasteiger partial charge on any atom is -0.469 e. The fourth-order valence-corrected chi connectivity index (χ4v) is 1.50. The summed E-state index contributed by atoms with van der Waals surface area (Å²) in [6.07, 6.45) is 2.71. The summed E-state index contributed by atoms with van der Waals surface area (Å²) >= 11 is 0. The van der Waals surface area contributed by atoms with Gasteiger partial charge in [0.25, 0.3) is 5.69 Å². The number of hydrogen-bond acceptors (Lipinski definition) is 8. The number of esters is 1. The Morgan fingerprint density at radius 1 is 1.36 bits per heavy atom. The molecule has 1 aromatic carbocycles. The van der Waals surface area contributed by atoms with Gasteiger partial charge in [0.2, 0.25) is 0 Å². The first-order valence-corrected chi connectivity index (χ1v) is 6.23. The van der Waals surface area contributed by atoms with E-state index < -0.39 is 15.5 Å². The summed E-state index contributed by atoms with van der Waals surface area (Å²) in [6.45, 7) is 0. The van der Waals surface area contributed by atoms with Gasteiger partial charge in [-0.3, -0.25) is 30.4 Å². The summed E-state index contributed by atoms with van der Waals surface area (Å²) in [4.78, 5) is 30.9. The summed E-state index contributed by atoms with van der Waals surface area (Å²) in [5, 5.41) is 25.3. The topological polar surface area (TPSA) is 137 Å². The van der Waals surface area contributed by atoms with Gasteiger partial charge in [0.05, 0.1) is 23.0 Å². The molecule has 0 aliphatic rings. The van der Waals surface area contributed by atoms with E-state index >= 15 is 0 Å². The number of nitro benzene ring substituents is 2. The van der Waals surface area contributed by atoms with Gasteiger partial charge in [-0.1, -0.05) is 0 Å². The van der Waals surface area contributed by atoms with Gasteiger partial charge in [0.1, 0.15) is 5.69 Å². The van der Waals surface area contributed by atoms with E-state index in [4.69, 9.17) is 0 Å². The molecule has 0 aromatic heterocycles. The lowest BCUT2D eigenvalue weighted by Gasteiger charge is -2.01. The summed E-state index contributed by atoms with van der Waals surface area (Å²) in [5.74, 6) is -0.327. The summed E-state index contributed by atoms with van der Waals surface area (Å²) in [5.41, 5.74) is 1.67. The molecule has 0 aliphatic carbocycles. The largest absolute Gasteiger partial charge is 0.469 e. The van der Waals surface area contributed by atoms with Crippen LogP contribution < -0.4 is 5.43 Å². The van der Waals surface area contributed by atoms with Crippen LogP contribution in [-0.2, 0) is 9.53 Å². The van der Waals surface area contributed by atoms with E-state index in [2.05, 4.69) is 15.3 Å². The van der Waals surface area contributed by atoms with E-state index in [1.807, 2.05) is 0 Å². The second-order valence-electron chi connectivity index (χ2n) is 4.11. The van der Waals surface area contributed by atoms with Crippen molar-refractivity contribution in [2.24, 2.45) is 5.10 Å². The number of nitro groups is 2. The van der Waals surface area contributed by atoms with Gasteiger partial charge in [-0.15, -0.1) is 0 Å². The van der Waals surface area contributed by atoms with Crippen LogP contribution in [-0.4, -0.2) is 29.1 Å². The number of ether oxygens (including phenoxy) is 1. The van der Waals surface area contributed by atoms with Crippen molar-refractivity contribution in [3.8, 4) is 0 Å². The lowest BCUT2D eigenvalue weighted by atomic mass is 10.2. The molecule has 0 fully saturated rings. The Hall–Kier alpha value is -3.04. The standard InChI is InChI=1S/C12H14N4O6/c1-22-12(17)4-2-3-7-13-14-10-6-5-9(15(18)19)8-11(10)16(20)21/h5-8,14H,2-4H2,1H3/b13-7-. The van der Waals surface area contributed by atoms with Crippen molar-refractivity contribution in [1.29, 1.82) is 0 Å². The minimum absolute atomic E-state index is 0.0415. The van der Waals surface area contributed by atoms with E-state index in [0.29, 0.717) is 12.8 Å². The van der Waals surface area contributed by atoms with Crippen molar-refractivity contribution in [3.05, 3.63) is 38.4 Å². The van der Waals surface area contributed by atoms with Crippen LogP contribution in [0.5, 0.6) is 0 Å². The van der Waals surface area contributed by atoms with E-state index in [-0.39, 0.29) is 23.8 Å². The third-order valence-electron chi connectivity index (χ3n) is 2.61. The van der Waals surface area contributed by atoms with E-state index in [1.54, 1.807) is 0 Å². The summed E-state index contributed by atoms with van der Waals surface area (Å²) in [6, 6.07) is 3.21. The number of unbranched alkanes of at least 4 members (excludes halogenated alkanes) is 1. The zero-order valence-electron chi connectivity index (χ0n) is 11.7. The number of benzene rings is 1. The van der Waals surface area contributed by atoms with Gasteiger partial charge in [-0.25, -0.2) is 0 Å². The highest BCUT2D eigenvalue weighted by Crippen LogP contribution is 2.28. The van der Waals surface area contributed by atoms with Crippen LogP contribution in [0.3, 0.4) is 0 Å². The average molecular weight is 310 g/mol. The Morgan fingerprint density at radius 2 is 2.09 bits per heavy atom. The van der Waals surface area contributed by atoms with E-state index in [0.717, 1.165) is 12.1 Å². The average Bonchev–Trinajstić information content (AvgIpc) is 2.50. The molecule has 0 aliphatic heterocycles. The van der Waals surface area contributed by atoms with Crippen LogP contribution in [0, 0.1) is 20.2 Å². The fourth-order valence-electron chi connectivity index (χ4n) is 1.50. The van der Waals surface area contributed by atoms with Gasteiger partial charge in [-0.05, 0) is 18.9 Å². The molecular weight excluding hydrogens is 296 g/mol. The van der Waals surface area contributed by atoms with Gasteiger partial charge < -0.3 is 4.74 Å². The third-order valence-corrected chi connectivity index (χ3v) is 2.61. The van der Waals surface area contributed by atoms with Crippen LogP contribution in [0.25, 0.3) is 0 Å². The monoisotopic (exact) mass is 310 g/mol. The number of rotatable bonds is 8. The fraction of sp³-hybridized carbons (Fsp3) is 0.333. The number of carbonyl (C=O) groups excluding carboxylic acids is 1. The SMILES string of the molecule is COC(=O)CCC/C=N\Nc1ccc([N+](=O)[O-])cc1[N+](=O)[O-]. The van der Waals surface area contributed by atoms with Crippen LogP contribution in [0.1, 0.15) is 19.3 Å². The maximum atomic E-state index is 10.9. The number of carbonyl (C=O) groups is 1. The van der Waals surface area contributed by atoms with E-state index in [9.17, 15) is 25.0 Å².